The van der Waals surface area contributed by atoms with Gasteiger partial charge in [-0.25, -0.2) is 9.59 Å². The number of para-hydroxylation sites is 1. The van der Waals surface area contributed by atoms with Crippen LogP contribution < -0.4 is 14.8 Å². The molecule has 1 aliphatic rings. The van der Waals surface area contributed by atoms with Crippen molar-refractivity contribution in [2.24, 2.45) is 0 Å². The molecule has 0 spiro atoms. The van der Waals surface area contributed by atoms with Crippen molar-refractivity contribution in [3.63, 3.8) is 0 Å². The lowest BCUT2D eigenvalue weighted by Crippen LogP contribution is -2.39. The molecule has 2 aromatic rings. The predicted octanol–water partition coefficient (Wildman–Crippen LogP) is 3.08. The maximum absolute atomic E-state index is 12.7. The number of amides is 2. The summed E-state index contributed by atoms with van der Waals surface area (Å²) in [6.45, 7) is 1.01. The number of benzene rings is 2. The molecule has 0 bridgehead atoms. The predicted molar refractivity (Wildman–Crippen MR) is 100 cm³/mol. The first-order valence-electron chi connectivity index (χ1n) is 8.54. The Bertz CT molecular complexity index is 865. The molecule has 3 rings (SSSR count). The average molecular weight is 370 g/mol. The molecule has 7 nitrogen and oxygen atoms in total. The summed E-state index contributed by atoms with van der Waals surface area (Å²) in [5.74, 6) is 0.822. The van der Waals surface area contributed by atoms with Gasteiger partial charge in [0, 0.05) is 13.1 Å². The Kier molecular flexibility index (Phi) is 5.49. The fourth-order valence-corrected chi connectivity index (χ4v) is 3.13. The summed E-state index contributed by atoms with van der Waals surface area (Å²) < 4.78 is 15.5. The van der Waals surface area contributed by atoms with Crippen molar-refractivity contribution < 1.29 is 23.8 Å². The quantitative estimate of drug-likeness (QED) is 0.837. The summed E-state index contributed by atoms with van der Waals surface area (Å²) in [5.41, 5.74) is 2.88. The third-order valence-corrected chi connectivity index (χ3v) is 4.58. The number of fused-ring (bicyclic) bond motifs is 1. The second kappa shape index (κ2) is 7.99. The molecule has 0 aromatic heterocycles. The average Bonchev–Trinajstić information content (AvgIpc) is 2.71. The molecule has 2 aromatic carbocycles. The molecular formula is C20H22N2O5. The van der Waals surface area contributed by atoms with Gasteiger partial charge >= 0.3 is 12.0 Å². The second-order valence-corrected chi connectivity index (χ2v) is 6.11. The van der Waals surface area contributed by atoms with E-state index < -0.39 is 5.97 Å². The molecule has 0 fully saturated rings. The third kappa shape index (κ3) is 3.81. The number of nitrogens with zero attached hydrogens (tertiary/aromatic N) is 1. The number of carbonyl (C=O) groups excluding carboxylic acids is 2. The van der Waals surface area contributed by atoms with E-state index in [2.05, 4.69) is 5.32 Å². The summed E-state index contributed by atoms with van der Waals surface area (Å²) in [7, 11) is 4.50. The maximum Gasteiger partial charge on any atom is 0.339 e. The number of hydrogen-bond donors (Lipinski definition) is 1. The lowest BCUT2D eigenvalue weighted by molar-refractivity contribution is 0.0602. The minimum atomic E-state index is -0.494. The standard InChI is InChI=1S/C20H22N2O5/c1-25-17-10-13-8-9-22(12-14(13)11-18(17)26-2)20(24)21-16-7-5-4-6-15(16)19(23)27-3/h4-7,10-11H,8-9,12H2,1-3H3,(H,21,24). The summed E-state index contributed by atoms with van der Waals surface area (Å²) in [5, 5.41) is 2.81. The zero-order valence-electron chi connectivity index (χ0n) is 15.6. The molecule has 0 radical (unpaired) electrons. The van der Waals surface area contributed by atoms with Gasteiger partial charge < -0.3 is 24.4 Å². The van der Waals surface area contributed by atoms with E-state index in [0.29, 0.717) is 42.3 Å². The molecule has 0 saturated carbocycles. The van der Waals surface area contributed by atoms with Crippen molar-refractivity contribution in [3.8, 4) is 11.5 Å². The van der Waals surface area contributed by atoms with E-state index >= 15 is 0 Å². The lowest BCUT2D eigenvalue weighted by atomic mass is 9.99. The van der Waals surface area contributed by atoms with Crippen LogP contribution in [-0.4, -0.2) is 44.8 Å². The zero-order chi connectivity index (χ0) is 19.4. The molecular weight excluding hydrogens is 348 g/mol. The maximum atomic E-state index is 12.7. The molecule has 7 heteroatoms. The number of hydrogen-bond acceptors (Lipinski definition) is 5. The number of nitrogens with one attached hydrogen (secondary N) is 1. The molecule has 27 heavy (non-hydrogen) atoms. The minimum Gasteiger partial charge on any atom is -0.493 e. The van der Waals surface area contributed by atoms with Crippen LogP contribution in [0.25, 0.3) is 0 Å². The molecule has 1 heterocycles. The zero-order valence-corrected chi connectivity index (χ0v) is 15.6. The number of anilines is 1. The van der Waals surface area contributed by atoms with Crippen molar-refractivity contribution in [3.05, 3.63) is 53.1 Å². The van der Waals surface area contributed by atoms with Crippen molar-refractivity contribution in [1.82, 2.24) is 4.90 Å². The SMILES string of the molecule is COC(=O)c1ccccc1NC(=O)N1CCc2cc(OC)c(OC)cc2C1. The first-order valence-corrected chi connectivity index (χ1v) is 8.54. The van der Waals surface area contributed by atoms with Gasteiger partial charge in [0.15, 0.2) is 11.5 Å². The van der Waals surface area contributed by atoms with Gasteiger partial charge in [-0.2, -0.15) is 0 Å². The molecule has 0 saturated heterocycles. The van der Waals surface area contributed by atoms with Crippen LogP contribution in [-0.2, 0) is 17.7 Å². The summed E-state index contributed by atoms with van der Waals surface area (Å²) in [4.78, 5) is 26.3. The van der Waals surface area contributed by atoms with Gasteiger partial charge in [0.2, 0.25) is 0 Å². The van der Waals surface area contributed by atoms with E-state index in [1.54, 1.807) is 43.4 Å². The van der Waals surface area contributed by atoms with Crippen LogP contribution in [0, 0.1) is 0 Å². The highest BCUT2D eigenvalue weighted by Crippen LogP contribution is 2.33. The Morgan fingerprint density at radius 2 is 1.67 bits per heavy atom. The summed E-state index contributed by atoms with van der Waals surface area (Å²) >= 11 is 0. The van der Waals surface area contributed by atoms with E-state index in [-0.39, 0.29) is 6.03 Å². The Hall–Kier alpha value is -3.22. The van der Waals surface area contributed by atoms with Crippen LogP contribution in [0.4, 0.5) is 10.5 Å². The third-order valence-electron chi connectivity index (χ3n) is 4.58. The van der Waals surface area contributed by atoms with E-state index in [0.717, 1.165) is 11.1 Å². The second-order valence-electron chi connectivity index (χ2n) is 6.11. The molecule has 142 valence electrons. The molecule has 1 N–H and O–H groups in total. The van der Waals surface area contributed by atoms with Crippen LogP contribution in [0.2, 0.25) is 0 Å². The van der Waals surface area contributed by atoms with Gasteiger partial charge in [-0.3, -0.25) is 0 Å². The van der Waals surface area contributed by atoms with Crippen LogP contribution in [0.1, 0.15) is 21.5 Å². The smallest absolute Gasteiger partial charge is 0.339 e. The highest BCUT2D eigenvalue weighted by molar-refractivity contribution is 6.00. The van der Waals surface area contributed by atoms with Gasteiger partial charge in [-0.1, -0.05) is 12.1 Å². The monoisotopic (exact) mass is 370 g/mol. The molecule has 0 unspecified atom stereocenters. The van der Waals surface area contributed by atoms with Crippen LogP contribution in [0.15, 0.2) is 36.4 Å². The Labute approximate surface area is 157 Å². The number of methoxy groups -OCH3 is 3. The normalized spacial score (nSPS) is 12.8. The topological polar surface area (TPSA) is 77.1 Å². The van der Waals surface area contributed by atoms with E-state index in [1.165, 1.54) is 7.11 Å². The van der Waals surface area contributed by atoms with Crippen LogP contribution in [0.3, 0.4) is 0 Å². The van der Waals surface area contributed by atoms with Crippen molar-refractivity contribution >= 4 is 17.7 Å². The Balaban J connectivity index is 1.78. The number of carbonyl (C=O) groups is 2. The van der Waals surface area contributed by atoms with Crippen molar-refractivity contribution in [2.75, 3.05) is 33.2 Å². The summed E-state index contributed by atoms with van der Waals surface area (Å²) in [6, 6.07) is 10.3. The first-order chi connectivity index (χ1) is 13.1. The van der Waals surface area contributed by atoms with Crippen molar-refractivity contribution in [1.29, 1.82) is 0 Å². The Morgan fingerprint density at radius 1 is 1.00 bits per heavy atom. The first kappa shape index (κ1) is 18.6. The van der Waals surface area contributed by atoms with E-state index in [9.17, 15) is 9.59 Å². The number of urea groups is 1. The molecule has 0 aliphatic carbocycles. The van der Waals surface area contributed by atoms with E-state index in [4.69, 9.17) is 14.2 Å². The van der Waals surface area contributed by atoms with Gasteiger partial charge in [0.1, 0.15) is 0 Å². The highest BCUT2D eigenvalue weighted by Gasteiger charge is 2.24. The van der Waals surface area contributed by atoms with E-state index in [1.807, 2.05) is 12.1 Å². The van der Waals surface area contributed by atoms with Gasteiger partial charge in [0.25, 0.3) is 0 Å². The number of rotatable bonds is 4. The minimum absolute atomic E-state index is 0.271. The molecule has 2 amide bonds. The van der Waals surface area contributed by atoms with Crippen LogP contribution in [0.5, 0.6) is 11.5 Å². The fourth-order valence-electron chi connectivity index (χ4n) is 3.13. The summed E-state index contributed by atoms with van der Waals surface area (Å²) in [6.07, 6.45) is 0.710. The highest BCUT2D eigenvalue weighted by atomic mass is 16.5. The Morgan fingerprint density at radius 3 is 2.33 bits per heavy atom. The van der Waals surface area contributed by atoms with Gasteiger partial charge in [-0.05, 0) is 41.8 Å². The molecule has 1 aliphatic heterocycles. The van der Waals surface area contributed by atoms with Gasteiger partial charge in [-0.15, -0.1) is 0 Å². The largest absolute Gasteiger partial charge is 0.493 e. The molecule has 0 atom stereocenters. The number of ether oxygens (including phenoxy) is 3. The van der Waals surface area contributed by atoms with Crippen molar-refractivity contribution in [2.45, 2.75) is 13.0 Å². The van der Waals surface area contributed by atoms with Crippen LogP contribution >= 0.6 is 0 Å². The fraction of sp³-hybridized carbons (Fsp3) is 0.300. The number of esters is 1. The lowest BCUT2D eigenvalue weighted by Gasteiger charge is -2.30. The van der Waals surface area contributed by atoms with Gasteiger partial charge in [0.05, 0.1) is 32.6 Å².